The normalized spacial score (nSPS) is 10.2. The number of nitrogens with zero attached hydrogens (tertiary/aromatic N) is 3. The standard InChI is InChI=1S/C15H15N7/c16-10-9-11(17)15(21-13-6-2-4-8-19-13)22-14(10)20-12-5-1-3-7-18-12/h1-9H,16-17H2,(H2,18,19,20,21,22). The Morgan fingerprint density at radius 3 is 1.64 bits per heavy atom. The molecule has 0 aliphatic heterocycles. The van der Waals surface area contributed by atoms with Gasteiger partial charge in [-0.05, 0) is 30.3 Å². The van der Waals surface area contributed by atoms with Crippen molar-refractivity contribution in [1.82, 2.24) is 15.0 Å². The summed E-state index contributed by atoms with van der Waals surface area (Å²) >= 11 is 0. The van der Waals surface area contributed by atoms with Gasteiger partial charge in [0, 0.05) is 12.4 Å². The molecule has 0 amide bonds. The molecule has 22 heavy (non-hydrogen) atoms. The Morgan fingerprint density at radius 2 is 1.23 bits per heavy atom. The number of nitrogen functional groups attached to an aromatic ring is 2. The largest absolute Gasteiger partial charge is 0.396 e. The summed E-state index contributed by atoms with van der Waals surface area (Å²) in [7, 11) is 0. The highest BCUT2D eigenvalue weighted by molar-refractivity contribution is 5.78. The highest BCUT2D eigenvalue weighted by atomic mass is 15.1. The van der Waals surface area contributed by atoms with Crippen molar-refractivity contribution in [2.45, 2.75) is 0 Å². The van der Waals surface area contributed by atoms with Gasteiger partial charge in [0.2, 0.25) is 0 Å². The highest BCUT2D eigenvalue weighted by Gasteiger charge is 2.09. The van der Waals surface area contributed by atoms with Gasteiger partial charge in [-0.25, -0.2) is 15.0 Å². The Kier molecular flexibility index (Phi) is 3.69. The summed E-state index contributed by atoms with van der Waals surface area (Å²) in [5.74, 6) is 2.25. The smallest absolute Gasteiger partial charge is 0.157 e. The van der Waals surface area contributed by atoms with Crippen LogP contribution < -0.4 is 22.1 Å². The molecular formula is C15H15N7. The maximum absolute atomic E-state index is 5.96. The lowest BCUT2D eigenvalue weighted by molar-refractivity contribution is 1.23. The third-order valence-electron chi connectivity index (χ3n) is 2.90. The fourth-order valence-corrected chi connectivity index (χ4v) is 1.86. The van der Waals surface area contributed by atoms with Crippen molar-refractivity contribution >= 4 is 34.6 Å². The van der Waals surface area contributed by atoms with Gasteiger partial charge in [-0.3, -0.25) is 0 Å². The fraction of sp³-hybridized carbons (Fsp3) is 0. The number of rotatable bonds is 4. The first-order chi connectivity index (χ1) is 10.7. The average molecular weight is 293 g/mol. The summed E-state index contributed by atoms with van der Waals surface area (Å²) in [6.45, 7) is 0. The van der Waals surface area contributed by atoms with E-state index in [4.69, 9.17) is 11.5 Å². The maximum atomic E-state index is 5.96. The molecule has 0 radical (unpaired) electrons. The van der Waals surface area contributed by atoms with Crippen molar-refractivity contribution < 1.29 is 0 Å². The van der Waals surface area contributed by atoms with Crippen LogP contribution in [0, 0.1) is 0 Å². The quantitative estimate of drug-likeness (QED) is 0.584. The second-order valence-corrected chi connectivity index (χ2v) is 4.54. The van der Waals surface area contributed by atoms with Crippen molar-refractivity contribution in [3.05, 3.63) is 54.9 Å². The van der Waals surface area contributed by atoms with Crippen molar-refractivity contribution in [1.29, 1.82) is 0 Å². The topological polar surface area (TPSA) is 115 Å². The monoisotopic (exact) mass is 293 g/mol. The zero-order valence-corrected chi connectivity index (χ0v) is 11.7. The number of pyridine rings is 3. The van der Waals surface area contributed by atoms with E-state index in [0.29, 0.717) is 34.6 Å². The van der Waals surface area contributed by atoms with Crippen LogP contribution in [0.2, 0.25) is 0 Å². The van der Waals surface area contributed by atoms with E-state index < -0.39 is 0 Å². The lowest BCUT2D eigenvalue weighted by Gasteiger charge is -2.13. The molecule has 3 aromatic rings. The Morgan fingerprint density at radius 1 is 0.727 bits per heavy atom. The number of aromatic nitrogens is 3. The number of nitrogens with one attached hydrogen (secondary N) is 2. The first-order valence-corrected chi connectivity index (χ1v) is 6.64. The molecule has 3 aromatic heterocycles. The van der Waals surface area contributed by atoms with Crippen molar-refractivity contribution in [2.75, 3.05) is 22.1 Å². The number of hydrogen-bond acceptors (Lipinski definition) is 7. The molecular weight excluding hydrogens is 278 g/mol. The minimum Gasteiger partial charge on any atom is -0.396 e. The third kappa shape index (κ3) is 3.04. The second-order valence-electron chi connectivity index (χ2n) is 4.54. The van der Waals surface area contributed by atoms with Crippen LogP contribution in [0.15, 0.2) is 54.9 Å². The highest BCUT2D eigenvalue weighted by Crippen LogP contribution is 2.28. The zero-order chi connectivity index (χ0) is 15.4. The molecule has 0 aromatic carbocycles. The lowest BCUT2D eigenvalue weighted by Crippen LogP contribution is -2.06. The van der Waals surface area contributed by atoms with E-state index >= 15 is 0 Å². The summed E-state index contributed by atoms with van der Waals surface area (Å²) in [5.41, 5.74) is 12.8. The maximum Gasteiger partial charge on any atom is 0.157 e. The van der Waals surface area contributed by atoms with Crippen LogP contribution in [0.4, 0.5) is 34.6 Å². The Bertz CT molecular complexity index is 697. The van der Waals surface area contributed by atoms with E-state index in [9.17, 15) is 0 Å². The number of nitrogens with two attached hydrogens (primary N) is 2. The molecule has 3 heterocycles. The molecule has 7 nitrogen and oxygen atoms in total. The van der Waals surface area contributed by atoms with Gasteiger partial charge >= 0.3 is 0 Å². The Balaban J connectivity index is 1.90. The summed E-state index contributed by atoms with van der Waals surface area (Å²) < 4.78 is 0. The van der Waals surface area contributed by atoms with E-state index in [2.05, 4.69) is 25.6 Å². The molecule has 0 saturated heterocycles. The summed E-state index contributed by atoms with van der Waals surface area (Å²) in [6, 6.07) is 12.7. The van der Waals surface area contributed by atoms with Crippen LogP contribution in [0.5, 0.6) is 0 Å². The predicted octanol–water partition coefficient (Wildman–Crippen LogP) is 2.52. The first kappa shape index (κ1) is 13.6. The van der Waals surface area contributed by atoms with Crippen LogP contribution in [0.1, 0.15) is 0 Å². The summed E-state index contributed by atoms with van der Waals surface area (Å²) in [5, 5.41) is 6.12. The molecule has 3 rings (SSSR count). The molecule has 0 spiro atoms. The van der Waals surface area contributed by atoms with Crippen LogP contribution in [0.3, 0.4) is 0 Å². The molecule has 110 valence electrons. The van der Waals surface area contributed by atoms with Crippen molar-refractivity contribution in [3.63, 3.8) is 0 Å². The van der Waals surface area contributed by atoms with E-state index in [1.165, 1.54) is 0 Å². The van der Waals surface area contributed by atoms with Crippen LogP contribution in [-0.2, 0) is 0 Å². The molecule has 7 heteroatoms. The average Bonchev–Trinajstić information content (AvgIpc) is 2.54. The van der Waals surface area contributed by atoms with Gasteiger partial charge < -0.3 is 22.1 Å². The van der Waals surface area contributed by atoms with Gasteiger partial charge in [0.1, 0.15) is 11.6 Å². The molecule has 6 N–H and O–H groups in total. The minimum atomic E-state index is 0.440. The first-order valence-electron chi connectivity index (χ1n) is 6.64. The van der Waals surface area contributed by atoms with Crippen LogP contribution >= 0.6 is 0 Å². The van der Waals surface area contributed by atoms with Gasteiger partial charge in [0.25, 0.3) is 0 Å². The van der Waals surface area contributed by atoms with Gasteiger partial charge in [-0.15, -0.1) is 0 Å². The molecule has 0 unspecified atom stereocenters. The fourth-order valence-electron chi connectivity index (χ4n) is 1.86. The summed E-state index contributed by atoms with van der Waals surface area (Å²) in [4.78, 5) is 12.8. The van der Waals surface area contributed by atoms with Gasteiger partial charge in [0.05, 0.1) is 11.4 Å². The molecule has 0 saturated carbocycles. The van der Waals surface area contributed by atoms with Gasteiger partial charge in [0.15, 0.2) is 11.6 Å². The molecule has 0 fully saturated rings. The Hall–Kier alpha value is -3.35. The van der Waals surface area contributed by atoms with Crippen molar-refractivity contribution in [2.24, 2.45) is 0 Å². The SMILES string of the molecule is Nc1cc(N)c(Nc2ccccn2)nc1Nc1ccccn1. The predicted molar refractivity (Wildman–Crippen MR) is 88.1 cm³/mol. The summed E-state index contributed by atoms with van der Waals surface area (Å²) in [6.07, 6.45) is 3.37. The molecule has 0 bridgehead atoms. The Labute approximate surface area is 127 Å². The minimum absolute atomic E-state index is 0.440. The van der Waals surface area contributed by atoms with E-state index in [1.54, 1.807) is 18.5 Å². The molecule has 0 aliphatic rings. The zero-order valence-electron chi connectivity index (χ0n) is 11.7. The van der Waals surface area contributed by atoms with E-state index in [-0.39, 0.29) is 0 Å². The van der Waals surface area contributed by atoms with E-state index in [0.717, 1.165) is 0 Å². The molecule has 0 aliphatic carbocycles. The second kappa shape index (κ2) is 5.96. The number of hydrogen-bond donors (Lipinski definition) is 4. The van der Waals surface area contributed by atoms with Gasteiger partial charge in [-0.1, -0.05) is 12.1 Å². The molecule has 0 atom stereocenters. The lowest BCUT2D eigenvalue weighted by atomic mass is 10.3. The van der Waals surface area contributed by atoms with Gasteiger partial charge in [-0.2, -0.15) is 0 Å². The van der Waals surface area contributed by atoms with Crippen molar-refractivity contribution in [3.8, 4) is 0 Å². The van der Waals surface area contributed by atoms with E-state index in [1.807, 2.05) is 36.4 Å². The van der Waals surface area contributed by atoms with Crippen LogP contribution in [-0.4, -0.2) is 15.0 Å². The third-order valence-corrected chi connectivity index (χ3v) is 2.90. The van der Waals surface area contributed by atoms with Crippen LogP contribution in [0.25, 0.3) is 0 Å². The number of anilines is 6.